The Kier molecular flexibility index (Phi) is 5.78. The largest absolute Gasteiger partial charge is 0.508 e. The summed E-state index contributed by atoms with van der Waals surface area (Å²) in [7, 11) is 1.56. The Balaban J connectivity index is 1.51. The molecule has 3 rings (SSSR count). The van der Waals surface area contributed by atoms with Gasteiger partial charge in [0, 0.05) is 24.3 Å². The molecule has 0 saturated carbocycles. The molecular weight excluding hydrogens is 362 g/mol. The second kappa shape index (κ2) is 8.43. The Morgan fingerprint density at radius 2 is 1.82 bits per heavy atom. The van der Waals surface area contributed by atoms with E-state index in [4.69, 9.17) is 4.74 Å². The predicted octanol–water partition coefficient (Wildman–Crippen LogP) is 1.51. The van der Waals surface area contributed by atoms with Gasteiger partial charge in [0.05, 0.1) is 19.6 Å². The van der Waals surface area contributed by atoms with Crippen molar-refractivity contribution in [2.75, 3.05) is 30.4 Å². The number of ether oxygens (including phenoxy) is 1. The van der Waals surface area contributed by atoms with Gasteiger partial charge in [0.25, 0.3) is 0 Å². The molecule has 1 atom stereocenters. The number of methoxy groups -OCH3 is 1. The number of rotatable bonds is 6. The highest BCUT2D eigenvalue weighted by Gasteiger charge is 2.35. The van der Waals surface area contributed by atoms with Gasteiger partial charge in [-0.2, -0.15) is 0 Å². The maximum atomic E-state index is 12.3. The third-order valence-corrected chi connectivity index (χ3v) is 4.45. The molecule has 0 bridgehead atoms. The van der Waals surface area contributed by atoms with E-state index in [1.807, 2.05) is 0 Å². The topological polar surface area (TPSA) is 108 Å². The Morgan fingerprint density at radius 3 is 2.46 bits per heavy atom. The van der Waals surface area contributed by atoms with Crippen LogP contribution in [0.1, 0.15) is 6.42 Å². The van der Waals surface area contributed by atoms with Gasteiger partial charge in [-0.05, 0) is 48.5 Å². The third kappa shape index (κ3) is 4.59. The zero-order valence-corrected chi connectivity index (χ0v) is 15.3. The lowest BCUT2D eigenvalue weighted by atomic mass is 10.1. The maximum Gasteiger partial charge on any atom is 0.243 e. The van der Waals surface area contributed by atoms with Gasteiger partial charge in [-0.25, -0.2) is 0 Å². The number of phenols is 1. The molecule has 28 heavy (non-hydrogen) atoms. The van der Waals surface area contributed by atoms with Gasteiger partial charge in [-0.1, -0.05) is 0 Å². The van der Waals surface area contributed by atoms with Gasteiger partial charge in [0.15, 0.2) is 0 Å². The summed E-state index contributed by atoms with van der Waals surface area (Å²) in [5.41, 5.74) is 1.21. The number of carbonyl (C=O) groups excluding carboxylic acids is 3. The van der Waals surface area contributed by atoms with Crippen molar-refractivity contribution in [3.63, 3.8) is 0 Å². The number of aromatic hydroxyl groups is 1. The third-order valence-electron chi connectivity index (χ3n) is 4.45. The van der Waals surface area contributed by atoms with E-state index >= 15 is 0 Å². The Hall–Kier alpha value is -3.55. The first kappa shape index (κ1) is 19.2. The van der Waals surface area contributed by atoms with E-state index in [2.05, 4.69) is 10.6 Å². The minimum absolute atomic E-state index is 0.0947. The molecule has 1 aliphatic heterocycles. The van der Waals surface area contributed by atoms with Gasteiger partial charge in [-0.3, -0.25) is 14.4 Å². The summed E-state index contributed by atoms with van der Waals surface area (Å²) in [6, 6.07) is 13.0. The van der Waals surface area contributed by atoms with Gasteiger partial charge < -0.3 is 25.4 Å². The molecule has 0 unspecified atom stereocenters. The summed E-state index contributed by atoms with van der Waals surface area (Å²) < 4.78 is 5.10. The number of nitrogens with one attached hydrogen (secondary N) is 2. The van der Waals surface area contributed by atoms with Crippen LogP contribution in [0.2, 0.25) is 0 Å². The predicted molar refractivity (Wildman–Crippen MR) is 103 cm³/mol. The summed E-state index contributed by atoms with van der Waals surface area (Å²) in [5, 5.41) is 14.4. The highest BCUT2D eigenvalue weighted by molar-refractivity contribution is 6.01. The van der Waals surface area contributed by atoms with Crippen molar-refractivity contribution in [1.29, 1.82) is 0 Å². The Morgan fingerprint density at radius 1 is 1.14 bits per heavy atom. The summed E-state index contributed by atoms with van der Waals surface area (Å²) in [6.07, 6.45) is 0.0947. The Bertz CT molecular complexity index is 864. The number of hydrogen-bond donors (Lipinski definition) is 3. The van der Waals surface area contributed by atoms with Crippen LogP contribution >= 0.6 is 0 Å². The van der Waals surface area contributed by atoms with Crippen LogP contribution < -0.4 is 20.3 Å². The van der Waals surface area contributed by atoms with Crippen LogP contribution in [-0.2, 0) is 14.4 Å². The number of nitrogens with zero attached hydrogens (tertiary/aromatic N) is 1. The number of anilines is 2. The number of phenolic OH excluding ortho intramolecular Hbond substituents is 1. The van der Waals surface area contributed by atoms with Crippen molar-refractivity contribution < 1.29 is 24.2 Å². The number of benzene rings is 2. The van der Waals surface area contributed by atoms with Crippen LogP contribution in [0, 0.1) is 5.92 Å². The number of carbonyl (C=O) groups is 3. The lowest BCUT2D eigenvalue weighted by Gasteiger charge is -2.17. The summed E-state index contributed by atoms with van der Waals surface area (Å²) in [6.45, 7) is 0.0590. The van der Waals surface area contributed by atoms with E-state index in [9.17, 15) is 19.5 Å². The fourth-order valence-corrected chi connectivity index (χ4v) is 2.96. The monoisotopic (exact) mass is 383 g/mol. The van der Waals surface area contributed by atoms with Crippen LogP contribution in [0.4, 0.5) is 11.4 Å². The SMILES string of the molecule is COc1ccc(N2C[C@@H](C(=O)NCC(=O)Nc3ccc(O)cc3)CC2=O)cc1. The zero-order valence-electron chi connectivity index (χ0n) is 15.3. The van der Waals surface area contributed by atoms with Crippen LogP contribution in [0.15, 0.2) is 48.5 Å². The molecule has 3 amide bonds. The van der Waals surface area contributed by atoms with Crippen molar-refractivity contribution in [2.45, 2.75) is 6.42 Å². The second-order valence-corrected chi connectivity index (χ2v) is 6.42. The molecule has 8 nitrogen and oxygen atoms in total. The standard InChI is InChI=1S/C20H21N3O5/c1-28-17-8-4-15(5-9-17)23-12-13(10-19(23)26)20(27)21-11-18(25)22-14-2-6-16(24)7-3-14/h2-9,13,24H,10-12H2,1H3,(H,21,27)(H,22,25)/t13-/m0/s1. The lowest BCUT2D eigenvalue weighted by Crippen LogP contribution is -2.37. The maximum absolute atomic E-state index is 12.3. The Labute approximate surface area is 162 Å². The molecule has 1 heterocycles. The normalized spacial score (nSPS) is 16.0. The molecule has 0 aromatic heterocycles. The van der Waals surface area contributed by atoms with E-state index in [-0.39, 0.29) is 37.1 Å². The molecule has 0 radical (unpaired) electrons. The van der Waals surface area contributed by atoms with Crippen molar-refractivity contribution in [3.05, 3.63) is 48.5 Å². The van der Waals surface area contributed by atoms with Crippen LogP contribution in [0.25, 0.3) is 0 Å². The second-order valence-electron chi connectivity index (χ2n) is 6.42. The molecule has 3 N–H and O–H groups in total. The molecule has 2 aromatic rings. The van der Waals surface area contributed by atoms with E-state index in [1.54, 1.807) is 48.4 Å². The fraction of sp³-hybridized carbons (Fsp3) is 0.250. The van der Waals surface area contributed by atoms with Gasteiger partial charge >= 0.3 is 0 Å². The van der Waals surface area contributed by atoms with E-state index in [1.165, 1.54) is 12.1 Å². The number of amides is 3. The van der Waals surface area contributed by atoms with Crippen molar-refractivity contribution in [3.8, 4) is 11.5 Å². The minimum Gasteiger partial charge on any atom is -0.508 e. The van der Waals surface area contributed by atoms with Crippen LogP contribution in [0.3, 0.4) is 0 Å². The fourth-order valence-electron chi connectivity index (χ4n) is 2.96. The summed E-state index contributed by atoms with van der Waals surface area (Å²) in [4.78, 5) is 38.1. The van der Waals surface area contributed by atoms with Crippen LogP contribution in [-0.4, -0.2) is 43.0 Å². The van der Waals surface area contributed by atoms with E-state index in [0.717, 1.165) is 0 Å². The van der Waals surface area contributed by atoms with E-state index in [0.29, 0.717) is 17.1 Å². The van der Waals surface area contributed by atoms with Crippen molar-refractivity contribution >= 4 is 29.1 Å². The molecule has 8 heteroatoms. The summed E-state index contributed by atoms with van der Waals surface area (Å²) >= 11 is 0. The van der Waals surface area contributed by atoms with Crippen LogP contribution in [0.5, 0.6) is 11.5 Å². The highest BCUT2D eigenvalue weighted by atomic mass is 16.5. The average Bonchev–Trinajstić information content (AvgIpc) is 3.10. The highest BCUT2D eigenvalue weighted by Crippen LogP contribution is 2.26. The zero-order chi connectivity index (χ0) is 20.1. The van der Waals surface area contributed by atoms with Crippen molar-refractivity contribution in [2.24, 2.45) is 5.92 Å². The first-order valence-electron chi connectivity index (χ1n) is 8.77. The van der Waals surface area contributed by atoms with Gasteiger partial charge in [-0.15, -0.1) is 0 Å². The summed E-state index contributed by atoms with van der Waals surface area (Å²) in [5.74, 6) is -0.613. The molecular formula is C20H21N3O5. The first-order valence-corrected chi connectivity index (χ1v) is 8.77. The first-order chi connectivity index (χ1) is 13.5. The molecule has 1 fully saturated rings. The smallest absolute Gasteiger partial charge is 0.243 e. The molecule has 0 aliphatic carbocycles. The molecule has 146 valence electrons. The molecule has 1 saturated heterocycles. The lowest BCUT2D eigenvalue weighted by molar-refractivity contribution is -0.127. The van der Waals surface area contributed by atoms with E-state index < -0.39 is 11.8 Å². The van der Waals surface area contributed by atoms with Gasteiger partial charge in [0.2, 0.25) is 17.7 Å². The molecule has 0 spiro atoms. The quantitative estimate of drug-likeness (QED) is 0.656. The van der Waals surface area contributed by atoms with Crippen molar-refractivity contribution in [1.82, 2.24) is 5.32 Å². The molecule has 1 aliphatic rings. The minimum atomic E-state index is -0.518. The number of hydrogen-bond acceptors (Lipinski definition) is 5. The van der Waals surface area contributed by atoms with Gasteiger partial charge in [0.1, 0.15) is 11.5 Å². The average molecular weight is 383 g/mol. The molecule has 2 aromatic carbocycles.